The third-order valence-electron chi connectivity index (χ3n) is 2.25. The van der Waals surface area contributed by atoms with E-state index in [-0.39, 0.29) is 5.03 Å². The number of aliphatic carboxylic acids is 1. The van der Waals surface area contributed by atoms with Gasteiger partial charge < -0.3 is 9.84 Å². The van der Waals surface area contributed by atoms with Crippen molar-refractivity contribution in [2.45, 2.75) is 17.5 Å². The average molecular weight is 291 g/mol. The van der Waals surface area contributed by atoms with Crippen LogP contribution in [0.4, 0.5) is 0 Å². The van der Waals surface area contributed by atoms with Crippen LogP contribution < -0.4 is 4.72 Å². The van der Waals surface area contributed by atoms with E-state index in [1.165, 1.54) is 19.3 Å². The molecule has 1 atom stereocenters. The largest absolute Gasteiger partial charge is 0.480 e. The van der Waals surface area contributed by atoms with E-state index in [9.17, 15) is 18.0 Å². The number of ether oxygens (including phenoxy) is 1. The highest BCUT2D eigenvalue weighted by Gasteiger charge is 2.29. The van der Waals surface area contributed by atoms with Gasteiger partial charge in [0.2, 0.25) is 0 Å². The lowest BCUT2D eigenvalue weighted by atomic mass is 10.2. The number of aromatic nitrogens is 2. The van der Waals surface area contributed by atoms with E-state index >= 15 is 0 Å². The minimum atomic E-state index is -4.08. The number of aryl methyl sites for hydroxylation is 1. The Hall–Kier alpha value is -1.94. The van der Waals surface area contributed by atoms with Gasteiger partial charge in [0.1, 0.15) is 6.04 Å². The van der Waals surface area contributed by atoms with Crippen LogP contribution in [0.15, 0.2) is 17.3 Å². The first-order valence-corrected chi connectivity index (χ1v) is 6.56. The fraction of sp³-hybridized carbons (Fsp3) is 0.444. The number of rotatable bonds is 6. The standard InChI is InChI=1S/C9H13N3O6S/c1-12-7(3-4-10-12)19(16,17)11-6(9(14)15)5-8(13)18-2/h3-4,6,11H,5H2,1-2H3,(H,14,15)/t6-/m0/s1. The molecule has 1 heterocycles. The van der Waals surface area contributed by atoms with Gasteiger partial charge in [0.15, 0.2) is 5.03 Å². The van der Waals surface area contributed by atoms with Gasteiger partial charge in [-0.2, -0.15) is 9.82 Å². The zero-order valence-corrected chi connectivity index (χ0v) is 11.0. The molecule has 2 N–H and O–H groups in total. The van der Waals surface area contributed by atoms with Crippen molar-refractivity contribution in [1.82, 2.24) is 14.5 Å². The summed E-state index contributed by atoms with van der Waals surface area (Å²) >= 11 is 0. The van der Waals surface area contributed by atoms with Gasteiger partial charge >= 0.3 is 11.9 Å². The van der Waals surface area contributed by atoms with E-state index < -0.39 is 34.4 Å². The Bertz CT molecular complexity index is 579. The second-order valence-electron chi connectivity index (χ2n) is 3.59. The van der Waals surface area contributed by atoms with Crippen molar-refractivity contribution in [3.05, 3.63) is 12.3 Å². The first kappa shape index (κ1) is 15.1. The molecule has 0 saturated heterocycles. The topological polar surface area (TPSA) is 128 Å². The van der Waals surface area contributed by atoms with Crippen LogP contribution in [0.1, 0.15) is 6.42 Å². The van der Waals surface area contributed by atoms with Crippen molar-refractivity contribution in [2.75, 3.05) is 7.11 Å². The van der Waals surface area contributed by atoms with E-state index in [0.29, 0.717) is 0 Å². The normalized spacial score (nSPS) is 12.9. The van der Waals surface area contributed by atoms with Crippen LogP contribution >= 0.6 is 0 Å². The number of carbonyl (C=O) groups excluding carboxylic acids is 1. The predicted octanol–water partition coefficient (Wildman–Crippen LogP) is -1.29. The molecule has 106 valence electrons. The summed E-state index contributed by atoms with van der Waals surface area (Å²) < 4.78 is 31.1. The highest BCUT2D eigenvalue weighted by atomic mass is 32.2. The van der Waals surface area contributed by atoms with Crippen molar-refractivity contribution in [3.8, 4) is 0 Å². The molecule has 0 aliphatic carbocycles. The van der Waals surface area contributed by atoms with Gasteiger partial charge in [-0.3, -0.25) is 14.3 Å². The molecule has 0 aromatic carbocycles. The SMILES string of the molecule is COC(=O)C[C@H](NS(=O)(=O)c1ccnn1C)C(=O)O. The summed E-state index contributed by atoms with van der Waals surface area (Å²) in [6, 6.07) is -0.397. The van der Waals surface area contributed by atoms with Crippen molar-refractivity contribution >= 4 is 22.0 Å². The summed E-state index contributed by atoms with van der Waals surface area (Å²) in [7, 11) is -1.61. The molecule has 1 aromatic heterocycles. The molecule has 0 fully saturated rings. The number of nitrogens with zero attached hydrogens (tertiary/aromatic N) is 2. The molecule has 0 amide bonds. The Labute approximate surface area is 109 Å². The molecular formula is C9H13N3O6S. The molecule has 10 heteroatoms. The predicted molar refractivity (Wildman–Crippen MR) is 61.6 cm³/mol. The van der Waals surface area contributed by atoms with E-state index in [4.69, 9.17) is 5.11 Å². The highest BCUT2D eigenvalue weighted by molar-refractivity contribution is 7.89. The van der Waals surface area contributed by atoms with Gasteiger partial charge in [0, 0.05) is 7.05 Å². The zero-order valence-electron chi connectivity index (χ0n) is 10.2. The molecule has 0 saturated carbocycles. The molecule has 0 unspecified atom stereocenters. The number of carboxylic acids is 1. The van der Waals surface area contributed by atoms with Crippen LogP contribution in [0, 0.1) is 0 Å². The maximum Gasteiger partial charge on any atom is 0.322 e. The number of hydrogen-bond acceptors (Lipinski definition) is 6. The fourth-order valence-corrected chi connectivity index (χ4v) is 2.62. The highest BCUT2D eigenvalue weighted by Crippen LogP contribution is 2.08. The average Bonchev–Trinajstić information content (AvgIpc) is 2.74. The maximum absolute atomic E-state index is 11.9. The zero-order chi connectivity index (χ0) is 14.6. The Balaban J connectivity index is 2.94. The Kier molecular flexibility index (Phi) is 4.62. The van der Waals surface area contributed by atoms with Gasteiger partial charge in [0.25, 0.3) is 10.0 Å². The van der Waals surface area contributed by atoms with Crippen molar-refractivity contribution in [2.24, 2.45) is 7.05 Å². The van der Waals surface area contributed by atoms with Crippen LogP contribution in [-0.4, -0.2) is 48.4 Å². The lowest BCUT2D eigenvalue weighted by molar-refractivity contribution is -0.147. The lowest BCUT2D eigenvalue weighted by Gasteiger charge is -2.13. The first-order valence-electron chi connectivity index (χ1n) is 5.08. The summed E-state index contributed by atoms with van der Waals surface area (Å²) in [5, 5.41) is 12.4. The molecule has 0 aliphatic heterocycles. The molecule has 0 spiro atoms. The van der Waals surface area contributed by atoms with E-state index in [1.807, 2.05) is 4.72 Å². The lowest BCUT2D eigenvalue weighted by Crippen LogP contribution is -2.42. The number of methoxy groups -OCH3 is 1. The quantitative estimate of drug-likeness (QED) is 0.624. The number of esters is 1. The number of hydrogen-bond donors (Lipinski definition) is 2. The van der Waals surface area contributed by atoms with Gasteiger partial charge in [-0.25, -0.2) is 8.42 Å². The monoisotopic (exact) mass is 291 g/mol. The van der Waals surface area contributed by atoms with Crippen LogP contribution in [0.2, 0.25) is 0 Å². The molecule has 9 nitrogen and oxygen atoms in total. The summed E-state index contributed by atoms with van der Waals surface area (Å²) in [4.78, 5) is 22.0. The molecule has 0 bridgehead atoms. The van der Waals surface area contributed by atoms with Crippen LogP contribution in [-0.2, 0) is 31.4 Å². The van der Waals surface area contributed by atoms with Crippen LogP contribution in [0.5, 0.6) is 0 Å². The van der Waals surface area contributed by atoms with Crippen LogP contribution in [0.25, 0.3) is 0 Å². The van der Waals surface area contributed by atoms with Gasteiger partial charge in [0.05, 0.1) is 19.7 Å². The molecule has 1 aromatic rings. The third kappa shape index (κ3) is 3.76. The maximum atomic E-state index is 11.9. The Morgan fingerprint density at radius 2 is 2.21 bits per heavy atom. The van der Waals surface area contributed by atoms with Crippen molar-refractivity contribution in [3.63, 3.8) is 0 Å². The molecule has 1 rings (SSSR count). The summed E-state index contributed by atoms with van der Waals surface area (Å²) in [5.74, 6) is -2.31. The second kappa shape index (κ2) is 5.80. The molecular weight excluding hydrogens is 278 g/mol. The molecule has 0 radical (unpaired) electrons. The summed E-state index contributed by atoms with van der Waals surface area (Å²) in [5.41, 5.74) is 0. The second-order valence-corrected chi connectivity index (χ2v) is 5.25. The van der Waals surface area contributed by atoms with Crippen LogP contribution in [0.3, 0.4) is 0 Å². The van der Waals surface area contributed by atoms with Gasteiger partial charge in [-0.15, -0.1) is 0 Å². The Morgan fingerprint density at radius 1 is 1.58 bits per heavy atom. The van der Waals surface area contributed by atoms with Crippen molar-refractivity contribution < 1.29 is 27.9 Å². The van der Waals surface area contributed by atoms with E-state index in [1.54, 1.807) is 0 Å². The minimum Gasteiger partial charge on any atom is -0.480 e. The fourth-order valence-electron chi connectivity index (χ4n) is 1.30. The number of sulfonamides is 1. The van der Waals surface area contributed by atoms with E-state index in [0.717, 1.165) is 11.8 Å². The number of nitrogens with one attached hydrogen (secondary N) is 1. The van der Waals surface area contributed by atoms with Gasteiger partial charge in [-0.05, 0) is 6.07 Å². The third-order valence-corrected chi connectivity index (χ3v) is 3.79. The molecule has 0 aliphatic rings. The minimum absolute atomic E-state index is 0.205. The van der Waals surface area contributed by atoms with Crippen molar-refractivity contribution in [1.29, 1.82) is 0 Å². The summed E-state index contributed by atoms with van der Waals surface area (Å²) in [6.07, 6.45) is 0.646. The first-order chi connectivity index (χ1) is 8.77. The number of carbonyl (C=O) groups is 2. The Morgan fingerprint density at radius 3 is 2.63 bits per heavy atom. The van der Waals surface area contributed by atoms with Gasteiger partial charge in [-0.1, -0.05) is 0 Å². The number of carboxylic acid groups (broad SMARTS) is 1. The smallest absolute Gasteiger partial charge is 0.322 e. The molecule has 19 heavy (non-hydrogen) atoms. The summed E-state index contributed by atoms with van der Waals surface area (Å²) in [6.45, 7) is 0. The van der Waals surface area contributed by atoms with E-state index in [2.05, 4.69) is 9.84 Å².